The third-order valence-electron chi connectivity index (χ3n) is 7.07. The van der Waals surface area contributed by atoms with Crippen molar-refractivity contribution in [2.75, 3.05) is 32.7 Å². The van der Waals surface area contributed by atoms with E-state index in [1.54, 1.807) is 48.5 Å². The van der Waals surface area contributed by atoms with Gasteiger partial charge >= 0.3 is 0 Å². The number of aromatic amines is 1. The highest BCUT2D eigenvalue weighted by atomic mass is 32.2. The molecule has 2 heterocycles. The molecule has 1 aromatic heterocycles. The summed E-state index contributed by atoms with van der Waals surface area (Å²) in [5.74, 6) is -0.444. The molecule has 1 fully saturated rings. The molecule has 210 valence electrons. The van der Waals surface area contributed by atoms with E-state index in [1.807, 2.05) is 31.2 Å². The maximum absolute atomic E-state index is 12.8. The van der Waals surface area contributed by atoms with Crippen molar-refractivity contribution >= 4 is 32.7 Å². The largest absolute Gasteiger partial charge is 0.489 e. The Morgan fingerprint density at radius 3 is 2.36 bits per heavy atom. The first-order valence-electron chi connectivity index (χ1n) is 12.9. The van der Waals surface area contributed by atoms with E-state index >= 15 is 0 Å². The molecule has 4 rings (SSSR count). The number of rotatable bonds is 10. The lowest BCUT2D eigenvalue weighted by Crippen LogP contribution is -2.59. The van der Waals surface area contributed by atoms with Gasteiger partial charge in [0.2, 0.25) is 10.0 Å². The van der Waals surface area contributed by atoms with Crippen LogP contribution in [0, 0.1) is 6.92 Å². The van der Waals surface area contributed by atoms with Gasteiger partial charge in [-0.25, -0.2) is 13.9 Å². The Balaban J connectivity index is 1.33. The molecular weight excluding hydrogens is 522 g/mol. The highest BCUT2D eigenvalue weighted by molar-refractivity contribution is 7.89. The van der Waals surface area contributed by atoms with E-state index < -0.39 is 27.2 Å². The third kappa shape index (κ3) is 6.41. The summed E-state index contributed by atoms with van der Waals surface area (Å²) in [6, 6.07) is 13.9. The van der Waals surface area contributed by atoms with Gasteiger partial charge in [0.05, 0.1) is 5.25 Å². The van der Waals surface area contributed by atoms with Crippen molar-refractivity contribution in [3.05, 3.63) is 65.4 Å². The number of carbonyl (C=O) groups is 2. The summed E-state index contributed by atoms with van der Waals surface area (Å²) in [6.07, 6.45) is 0. The number of hydrogen-bond donors (Lipinski definition) is 4. The van der Waals surface area contributed by atoms with E-state index in [4.69, 9.17) is 4.74 Å². The number of piperazine rings is 1. The molecule has 1 saturated heterocycles. The lowest BCUT2D eigenvalue weighted by atomic mass is 10.1. The van der Waals surface area contributed by atoms with E-state index in [9.17, 15) is 23.2 Å². The minimum atomic E-state index is -3.39. The van der Waals surface area contributed by atoms with Crippen LogP contribution in [0.15, 0.2) is 48.5 Å². The van der Waals surface area contributed by atoms with Crippen molar-refractivity contribution in [1.82, 2.24) is 25.0 Å². The van der Waals surface area contributed by atoms with Crippen molar-refractivity contribution in [1.29, 1.82) is 0 Å². The van der Waals surface area contributed by atoms with Gasteiger partial charge < -0.3 is 15.0 Å². The molecule has 0 radical (unpaired) electrons. The van der Waals surface area contributed by atoms with Crippen LogP contribution >= 0.6 is 0 Å². The van der Waals surface area contributed by atoms with E-state index in [0.29, 0.717) is 31.0 Å². The first kappa shape index (κ1) is 28.6. The summed E-state index contributed by atoms with van der Waals surface area (Å²) in [5.41, 5.74) is 5.20. The number of aromatic nitrogens is 1. The van der Waals surface area contributed by atoms with Crippen LogP contribution in [0.25, 0.3) is 10.9 Å². The number of ether oxygens (including phenoxy) is 1. The Kier molecular flexibility index (Phi) is 8.90. The maximum atomic E-state index is 12.8. The van der Waals surface area contributed by atoms with Gasteiger partial charge in [-0.05, 0) is 51.1 Å². The molecule has 1 aliphatic rings. The van der Waals surface area contributed by atoms with Crippen LogP contribution < -0.4 is 15.5 Å². The quantitative estimate of drug-likeness (QED) is 0.221. The summed E-state index contributed by atoms with van der Waals surface area (Å²) in [6.45, 7) is 6.62. The molecule has 1 atom stereocenters. The topological polar surface area (TPSA) is 144 Å². The number of para-hydroxylation sites is 1. The number of H-pyrrole nitrogens is 1. The van der Waals surface area contributed by atoms with Gasteiger partial charge in [0.1, 0.15) is 18.4 Å². The molecule has 39 heavy (non-hydrogen) atoms. The predicted octanol–water partition coefficient (Wildman–Crippen LogP) is 2.01. The molecule has 3 aromatic rings. The fraction of sp³-hybridized carbons (Fsp3) is 0.407. The number of carbonyl (C=O) groups excluding carboxylic acids is 2. The zero-order valence-electron chi connectivity index (χ0n) is 22.3. The Morgan fingerprint density at radius 1 is 1.05 bits per heavy atom. The number of nitrogens with one attached hydrogen (secondary N) is 3. The number of benzene rings is 2. The average Bonchev–Trinajstić information content (AvgIpc) is 3.26. The zero-order chi connectivity index (χ0) is 28.2. The molecule has 0 bridgehead atoms. The molecule has 1 aliphatic heterocycles. The van der Waals surface area contributed by atoms with E-state index in [2.05, 4.69) is 10.3 Å². The Bertz CT molecular complexity index is 1410. The number of fused-ring (bicyclic) bond motifs is 1. The summed E-state index contributed by atoms with van der Waals surface area (Å²) < 4.78 is 32.2. The molecule has 0 saturated carbocycles. The van der Waals surface area contributed by atoms with Crippen molar-refractivity contribution in [3.8, 4) is 5.75 Å². The maximum Gasteiger partial charge on any atom is 0.262 e. The molecule has 0 unspecified atom stereocenters. The first-order chi connectivity index (χ1) is 18.6. The van der Waals surface area contributed by atoms with Crippen LogP contribution in [-0.4, -0.2) is 83.6 Å². The van der Waals surface area contributed by atoms with Crippen molar-refractivity contribution < 1.29 is 28.0 Å². The molecule has 4 N–H and O–H groups in total. The minimum Gasteiger partial charge on any atom is -0.489 e. The van der Waals surface area contributed by atoms with Crippen LogP contribution in [0.2, 0.25) is 0 Å². The molecule has 0 aliphatic carbocycles. The van der Waals surface area contributed by atoms with E-state index in [0.717, 1.165) is 22.2 Å². The van der Waals surface area contributed by atoms with E-state index in [1.165, 1.54) is 4.31 Å². The monoisotopic (exact) mass is 557 g/mol. The zero-order valence-corrected chi connectivity index (χ0v) is 23.1. The molecule has 2 amide bonds. The lowest BCUT2D eigenvalue weighted by molar-refractivity contribution is -0.135. The number of amides is 2. The average molecular weight is 558 g/mol. The third-order valence-corrected chi connectivity index (χ3v) is 9.34. The predicted molar refractivity (Wildman–Crippen MR) is 147 cm³/mol. The van der Waals surface area contributed by atoms with Crippen molar-refractivity contribution in [3.63, 3.8) is 0 Å². The summed E-state index contributed by atoms with van der Waals surface area (Å²) in [5, 5.41) is 12.6. The van der Waals surface area contributed by atoms with Crippen LogP contribution in [0.4, 0.5) is 0 Å². The number of hydroxylamine groups is 1. The second-order valence-corrected chi connectivity index (χ2v) is 12.3. The molecule has 12 heteroatoms. The number of sulfonamides is 1. The summed E-state index contributed by atoms with van der Waals surface area (Å²) >= 11 is 0. The van der Waals surface area contributed by atoms with Gasteiger partial charge in [-0.2, -0.15) is 4.31 Å². The standard InChI is InChI=1S/C27H35N5O6S/c1-18(2)39(36,37)32-14-12-31(13-15-32)25(27(34)30-35)16-28-26(33)20-8-10-21(11-9-20)38-17-23-19(3)29-24-7-5-4-6-22(23)24/h4-11,18,25,29,35H,12-17H2,1-3H3,(H,28,33)(H,30,34)/t25-/m0/s1. The number of hydrogen-bond acceptors (Lipinski definition) is 7. The van der Waals surface area contributed by atoms with Gasteiger partial charge in [0, 0.05) is 60.4 Å². The van der Waals surface area contributed by atoms with Gasteiger partial charge in [-0.3, -0.25) is 19.7 Å². The second kappa shape index (κ2) is 12.2. The Labute approximate surface area is 228 Å². The van der Waals surface area contributed by atoms with E-state index in [-0.39, 0.29) is 25.5 Å². The lowest BCUT2D eigenvalue weighted by Gasteiger charge is -2.38. The van der Waals surface area contributed by atoms with Gasteiger partial charge in [-0.15, -0.1) is 0 Å². The Hall–Kier alpha value is -3.45. The van der Waals surface area contributed by atoms with Crippen LogP contribution in [0.1, 0.15) is 35.5 Å². The summed E-state index contributed by atoms with van der Waals surface area (Å²) in [4.78, 5) is 30.3. The fourth-order valence-corrected chi connectivity index (χ4v) is 5.97. The Morgan fingerprint density at radius 2 is 1.72 bits per heavy atom. The van der Waals surface area contributed by atoms with Crippen LogP contribution in [-0.2, 0) is 21.4 Å². The van der Waals surface area contributed by atoms with Gasteiger partial charge in [-0.1, -0.05) is 18.2 Å². The second-order valence-electron chi connectivity index (χ2n) is 9.82. The molecule has 0 spiro atoms. The minimum absolute atomic E-state index is 0.0553. The number of nitrogens with zero attached hydrogens (tertiary/aromatic N) is 2. The van der Waals surface area contributed by atoms with Crippen molar-refractivity contribution in [2.45, 2.75) is 38.7 Å². The molecule has 11 nitrogen and oxygen atoms in total. The van der Waals surface area contributed by atoms with Gasteiger partial charge in [0.15, 0.2) is 0 Å². The SMILES string of the molecule is Cc1[nH]c2ccccc2c1COc1ccc(C(=O)NC[C@@H](C(=O)NO)N2CCN(S(=O)(=O)C(C)C)CC2)cc1. The fourth-order valence-electron chi connectivity index (χ4n) is 4.70. The van der Waals surface area contributed by atoms with Crippen molar-refractivity contribution in [2.24, 2.45) is 0 Å². The first-order valence-corrected chi connectivity index (χ1v) is 14.4. The molecular formula is C27H35N5O6S. The highest BCUT2D eigenvalue weighted by Crippen LogP contribution is 2.24. The van der Waals surface area contributed by atoms with Crippen LogP contribution in [0.3, 0.4) is 0 Å². The van der Waals surface area contributed by atoms with Gasteiger partial charge in [0.25, 0.3) is 11.8 Å². The highest BCUT2D eigenvalue weighted by Gasteiger charge is 2.34. The smallest absolute Gasteiger partial charge is 0.262 e. The normalized spacial score (nSPS) is 15.8. The van der Waals surface area contributed by atoms with Crippen LogP contribution in [0.5, 0.6) is 5.75 Å². The number of aryl methyl sites for hydroxylation is 1. The molecule has 2 aromatic carbocycles. The summed E-state index contributed by atoms with van der Waals surface area (Å²) in [7, 11) is -3.39.